The van der Waals surface area contributed by atoms with Crippen molar-refractivity contribution in [2.24, 2.45) is 5.92 Å². The Morgan fingerprint density at radius 3 is 2.71 bits per heavy atom. The molecule has 0 bridgehead atoms. The molecule has 152 valence electrons. The monoisotopic (exact) mass is 383 g/mol. The van der Waals surface area contributed by atoms with Crippen molar-refractivity contribution in [3.63, 3.8) is 0 Å². The molecule has 1 aromatic heterocycles. The fourth-order valence-corrected chi connectivity index (χ4v) is 4.71. The molecule has 0 N–H and O–H groups in total. The molecule has 1 aromatic carbocycles. The summed E-state index contributed by atoms with van der Waals surface area (Å²) < 4.78 is 8.15. The van der Waals surface area contributed by atoms with Crippen molar-refractivity contribution in [3.05, 3.63) is 29.8 Å². The number of nitrogens with zero attached hydrogens (tertiary/aromatic N) is 3. The average molecular weight is 384 g/mol. The molecule has 0 atom stereocenters. The van der Waals surface area contributed by atoms with Gasteiger partial charge >= 0.3 is 5.97 Å². The molecule has 4 rings (SSSR count). The highest BCUT2D eigenvalue weighted by atomic mass is 16.5. The van der Waals surface area contributed by atoms with Crippen molar-refractivity contribution < 1.29 is 9.53 Å². The van der Waals surface area contributed by atoms with Crippen molar-refractivity contribution in [1.29, 1.82) is 0 Å². The van der Waals surface area contributed by atoms with E-state index in [1.165, 1.54) is 19.4 Å². The number of carbonyl (C=O) groups is 1. The molecule has 3 heterocycles. The number of anilines is 1. The lowest BCUT2D eigenvalue weighted by Crippen LogP contribution is -2.36. The van der Waals surface area contributed by atoms with Gasteiger partial charge in [0.2, 0.25) is 0 Å². The first-order valence-electron chi connectivity index (χ1n) is 10.9. The van der Waals surface area contributed by atoms with Gasteiger partial charge in [-0.05, 0) is 57.3 Å². The lowest BCUT2D eigenvalue weighted by atomic mass is 9.97. The Labute approximate surface area is 168 Å². The lowest BCUT2D eigenvalue weighted by Gasteiger charge is -2.31. The maximum Gasteiger partial charge on any atom is 0.342 e. The Morgan fingerprint density at radius 2 is 1.93 bits per heavy atom. The highest BCUT2D eigenvalue weighted by Crippen LogP contribution is 2.35. The summed E-state index contributed by atoms with van der Waals surface area (Å²) in [5.74, 6) is 1.35. The topological polar surface area (TPSA) is 37.7 Å². The number of likely N-dealkylation sites (tertiary alicyclic amines) is 1. The zero-order chi connectivity index (χ0) is 19.5. The van der Waals surface area contributed by atoms with Gasteiger partial charge in [0.15, 0.2) is 0 Å². The molecule has 0 radical (unpaired) electrons. The van der Waals surface area contributed by atoms with Gasteiger partial charge in [0.25, 0.3) is 0 Å². The minimum atomic E-state index is -0.160. The van der Waals surface area contributed by atoms with Crippen LogP contribution in [0.2, 0.25) is 0 Å². The number of aromatic nitrogens is 1. The van der Waals surface area contributed by atoms with Gasteiger partial charge in [-0.15, -0.1) is 0 Å². The van der Waals surface area contributed by atoms with Crippen LogP contribution >= 0.6 is 0 Å². The largest absolute Gasteiger partial charge is 0.462 e. The van der Waals surface area contributed by atoms with E-state index in [4.69, 9.17) is 4.74 Å². The van der Waals surface area contributed by atoms with Crippen LogP contribution in [0.5, 0.6) is 0 Å². The second-order valence-corrected chi connectivity index (χ2v) is 8.38. The third-order valence-corrected chi connectivity index (χ3v) is 6.37. The van der Waals surface area contributed by atoms with Gasteiger partial charge in [-0.3, -0.25) is 0 Å². The van der Waals surface area contributed by atoms with Crippen molar-refractivity contribution in [2.75, 3.05) is 44.7 Å². The molecule has 0 unspecified atom stereocenters. The van der Waals surface area contributed by atoms with Crippen LogP contribution in [-0.4, -0.2) is 55.3 Å². The van der Waals surface area contributed by atoms with Gasteiger partial charge in [0.1, 0.15) is 11.4 Å². The van der Waals surface area contributed by atoms with Crippen molar-refractivity contribution in [1.82, 2.24) is 9.47 Å². The van der Waals surface area contributed by atoms with E-state index in [9.17, 15) is 4.79 Å². The smallest absolute Gasteiger partial charge is 0.342 e. The Hall–Kier alpha value is -2.01. The number of esters is 1. The molecule has 0 amide bonds. The summed E-state index contributed by atoms with van der Waals surface area (Å²) in [5.41, 5.74) is 1.89. The van der Waals surface area contributed by atoms with E-state index in [0.717, 1.165) is 67.7 Å². The number of hydrogen-bond donors (Lipinski definition) is 0. The summed E-state index contributed by atoms with van der Waals surface area (Å²) in [6.07, 6.45) is 5.90. The molecule has 1 saturated heterocycles. The third kappa shape index (κ3) is 3.77. The summed E-state index contributed by atoms with van der Waals surface area (Å²) in [6.45, 7) is 8.21. The third-order valence-electron chi connectivity index (χ3n) is 6.37. The Balaban J connectivity index is 1.45. The molecule has 2 aliphatic heterocycles. The maximum atomic E-state index is 13.1. The van der Waals surface area contributed by atoms with E-state index >= 15 is 0 Å². The molecular weight excluding hydrogens is 350 g/mol. The number of para-hydroxylation sites is 1. The summed E-state index contributed by atoms with van der Waals surface area (Å²) in [5, 5.41) is 1.02. The summed E-state index contributed by atoms with van der Waals surface area (Å²) >= 11 is 0. The quantitative estimate of drug-likeness (QED) is 0.703. The van der Waals surface area contributed by atoms with Crippen molar-refractivity contribution in [2.45, 2.75) is 45.6 Å². The van der Waals surface area contributed by atoms with Gasteiger partial charge in [-0.25, -0.2) is 4.79 Å². The number of unbranched alkanes of at least 4 members (excludes halogenated alkanes) is 1. The van der Waals surface area contributed by atoms with Crippen LogP contribution in [0.25, 0.3) is 10.9 Å². The number of rotatable bonds is 6. The van der Waals surface area contributed by atoms with Crippen LogP contribution in [-0.2, 0) is 11.3 Å². The van der Waals surface area contributed by atoms with E-state index in [0.29, 0.717) is 12.5 Å². The maximum absolute atomic E-state index is 13.1. The Morgan fingerprint density at radius 1 is 1.14 bits per heavy atom. The Bertz CT molecular complexity index is 821. The molecular formula is C23H33N3O2. The fraction of sp³-hybridized carbons (Fsp3) is 0.609. The van der Waals surface area contributed by atoms with Gasteiger partial charge in [-0.2, -0.15) is 0 Å². The normalized spacial score (nSPS) is 18.4. The number of ether oxygens (including phenoxy) is 1. The van der Waals surface area contributed by atoms with Crippen LogP contribution in [0.1, 0.15) is 49.4 Å². The van der Waals surface area contributed by atoms with E-state index < -0.39 is 0 Å². The number of piperidine rings is 1. The molecule has 0 saturated carbocycles. The number of hydrogen-bond acceptors (Lipinski definition) is 4. The van der Waals surface area contributed by atoms with E-state index in [-0.39, 0.29) is 5.97 Å². The lowest BCUT2D eigenvalue weighted by molar-refractivity contribution is 0.0374. The predicted octanol–water partition coefficient (Wildman–Crippen LogP) is 4.15. The second kappa shape index (κ2) is 8.56. The van der Waals surface area contributed by atoms with Crippen LogP contribution in [0.3, 0.4) is 0 Å². The van der Waals surface area contributed by atoms with E-state index in [2.05, 4.69) is 40.5 Å². The van der Waals surface area contributed by atoms with E-state index in [1.54, 1.807) is 0 Å². The van der Waals surface area contributed by atoms with Gasteiger partial charge < -0.3 is 19.1 Å². The number of aryl methyl sites for hydroxylation is 1. The molecule has 0 aliphatic carbocycles. The van der Waals surface area contributed by atoms with Crippen molar-refractivity contribution in [3.8, 4) is 0 Å². The molecule has 5 nitrogen and oxygen atoms in total. The first-order chi connectivity index (χ1) is 13.7. The standard InChI is InChI=1S/C23H33N3O2/c1-3-4-13-25-15-10-18(11-16-25)17-28-23(27)21-19-8-5-6-9-20(19)26-14-7-12-24(2)22(21)26/h5-6,8-9,18H,3-4,7,10-17H2,1-2H3. The zero-order valence-electron chi connectivity index (χ0n) is 17.3. The SMILES string of the molecule is CCCCN1CCC(COC(=O)c2c3n(c4ccccc24)CCCN3C)CC1. The molecule has 5 heteroatoms. The molecule has 1 fully saturated rings. The number of benzene rings is 1. The molecule has 0 spiro atoms. The number of carbonyl (C=O) groups excluding carboxylic acids is 1. The van der Waals surface area contributed by atoms with Gasteiger partial charge in [-0.1, -0.05) is 31.5 Å². The van der Waals surface area contributed by atoms with Gasteiger partial charge in [0, 0.05) is 25.5 Å². The van der Waals surface area contributed by atoms with Gasteiger partial charge in [0.05, 0.1) is 12.1 Å². The highest BCUT2D eigenvalue weighted by molar-refractivity contribution is 6.10. The number of fused-ring (bicyclic) bond motifs is 3. The molecule has 2 aliphatic rings. The minimum Gasteiger partial charge on any atom is -0.462 e. The van der Waals surface area contributed by atoms with Crippen molar-refractivity contribution >= 4 is 22.7 Å². The summed E-state index contributed by atoms with van der Waals surface area (Å²) in [7, 11) is 2.08. The first-order valence-corrected chi connectivity index (χ1v) is 10.9. The fourth-order valence-electron chi connectivity index (χ4n) is 4.71. The second-order valence-electron chi connectivity index (χ2n) is 8.38. The van der Waals surface area contributed by atoms with Crippen LogP contribution in [0.15, 0.2) is 24.3 Å². The zero-order valence-corrected chi connectivity index (χ0v) is 17.3. The molecule has 28 heavy (non-hydrogen) atoms. The Kier molecular flexibility index (Phi) is 5.90. The van der Waals surface area contributed by atoms with Crippen LogP contribution in [0.4, 0.5) is 5.82 Å². The minimum absolute atomic E-state index is 0.160. The van der Waals surface area contributed by atoms with Crippen LogP contribution in [0, 0.1) is 5.92 Å². The summed E-state index contributed by atoms with van der Waals surface area (Å²) in [6, 6.07) is 8.22. The first kappa shape index (κ1) is 19.3. The predicted molar refractivity (Wildman–Crippen MR) is 114 cm³/mol. The highest BCUT2D eigenvalue weighted by Gasteiger charge is 2.29. The molecule has 2 aromatic rings. The van der Waals surface area contributed by atoms with E-state index in [1.807, 2.05) is 12.1 Å². The van der Waals surface area contributed by atoms with Crippen LogP contribution < -0.4 is 4.90 Å². The average Bonchev–Trinajstić information content (AvgIpc) is 3.07. The summed E-state index contributed by atoms with van der Waals surface area (Å²) in [4.78, 5) is 17.9.